The lowest BCUT2D eigenvalue weighted by atomic mass is 10.2. The van der Waals surface area contributed by atoms with Crippen LogP contribution < -0.4 is 10.1 Å². The summed E-state index contributed by atoms with van der Waals surface area (Å²) in [5.41, 5.74) is 2.40. The van der Waals surface area contributed by atoms with Gasteiger partial charge in [0.05, 0.1) is 23.9 Å². The Bertz CT molecular complexity index is 1180. The van der Waals surface area contributed by atoms with Crippen LogP contribution in [-0.2, 0) is 17.0 Å². The molecule has 0 bridgehead atoms. The first-order valence-electron chi connectivity index (χ1n) is 9.12. The fourth-order valence-corrected chi connectivity index (χ4v) is 3.65. The quantitative estimate of drug-likeness (QED) is 0.387. The van der Waals surface area contributed by atoms with E-state index in [4.69, 9.17) is 20.9 Å². The van der Waals surface area contributed by atoms with Gasteiger partial charge in [0.15, 0.2) is 11.0 Å². The fourth-order valence-electron chi connectivity index (χ4n) is 2.75. The molecule has 0 spiro atoms. The number of nitrogens with one attached hydrogen (secondary N) is 2. The second kappa shape index (κ2) is 9.19. The summed E-state index contributed by atoms with van der Waals surface area (Å²) < 4.78 is 10.4. The van der Waals surface area contributed by atoms with Crippen molar-refractivity contribution in [1.82, 2.24) is 20.1 Å². The minimum atomic E-state index is -0.140. The molecule has 10 heteroatoms. The Hall–Kier alpha value is -3.04. The third-order valence-electron chi connectivity index (χ3n) is 4.19. The summed E-state index contributed by atoms with van der Waals surface area (Å²) in [6, 6.07) is 12.7. The van der Waals surface area contributed by atoms with Crippen LogP contribution in [0.1, 0.15) is 18.1 Å². The number of benzene rings is 2. The Labute approximate surface area is 181 Å². The maximum atomic E-state index is 12.1. The van der Waals surface area contributed by atoms with Gasteiger partial charge in [0.25, 0.3) is 0 Å². The standard InChI is InChI=1S/C20H18ClN5O3S/c1-28-14-4-2-3-13(10-14)22-18(27)7-8-19-25-17(26-29-19)11-30-20-23-15-6-5-12(21)9-16(15)24-20/h2-6,9-10H,7-8,11H2,1H3,(H,22,27)(H,23,24). The molecule has 0 aliphatic rings. The Morgan fingerprint density at radius 2 is 2.17 bits per heavy atom. The molecule has 8 nitrogen and oxygen atoms in total. The lowest BCUT2D eigenvalue weighted by Gasteiger charge is -2.06. The average Bonchev–Trinajstić information content (AvgIpc) is 3.37. The molecule has 0 aliphatic heterocycles. The number of thioether (sulfide) groups is 1. The number of hydrogen-bond donors (Lipinski definition) is 2. The SMILES string of the molecule is COc1cccc(NC(=O)CCc2nc(CSc3nc4ccc(Cl)cc4[nH]3)no2)c1. The number of fused-ring (bicyclic) bond motifs is 1. The first-order chi connectivity index (χ1) is 14.6. The minimum absolute atomic E-state index is 0.140. The maximum Gasteiger partial charge on any atom is 0.227 e. The highest BCUT2D eigenvalue weighted by Gasteiger charge is 2.11. The number of nitrogens with zero attached hydrogens (tertiary/aromatic N) is 3. The number of rotatable bonds is 8. The third-order valence-corrected chi connectivity index (χ3v) is 5.29. The van der Waals surface area contributed by atoms with Gasteiger partial charge in [-0.15, -0.1) is 0 Å². The van der Waals surface area contributed by atoms with E-state index in [-0.39, 0.29) is 12.3 Å². The Morgan fingerprint density at radius 1 is 1.27 bits per heavy atom. The summed E-state index contributed by atoms with van der Waals surface area (Å²) in [6.45, 7) is 0. The number of aromatic nitrogens is 4. The van der Waals surface area contributed by atoms with Gasteiger partial charge in [-0.25, -0.2) is 4.98 Å². The highest BCUT2D eigenvalue weighted by Crippen LogP contribution is 2.24. The van der Waals surface area contributed by atoms with Crippen LogP contribution in [0.3, 0.4) is 0 Å². The van der Waals surface area contributed by atoms with E-state index in [0.29, 0.717) is 40.3 Å². The largest absolute Gasteiger partial charge is 0.497 e. The van der Waals surface area contributed by atoms with Crippen LogP contribution in [0.2, 0.25) is 5.02 Å². The van der Waals surface area contributed by atoms with Gasteiger partial charge in [-0.3, -0.25) is 4.79 Å². The number of carbonyl (C=O) groups is 1. The van der Waals surface area contributed by atoms with Crippen molar-refractivity contribution in [3.05, 3.63) is 59.2 Å². The molecular weight excluding hydrogens is 426 g/mol. The molecule has 2 aromatic heterocycles. The van der Waals surface area contributed by atoms with Crippen molar-refractivity contribution in [3.8, 4) is 5.75 Å². The number of hydrogen-bond acceptors (Lipinski definition) is 7. The molecule has 30 heavy (non-hydrogen) atoms. The highest BCUT2D eigenvalue weighted by molar-refractivity contribution is 7.98. The molecule has 0 unspecified atom stereocenters. The number of imidazole rings is 1. The monoisotopic (exact) mass is 443 g/mol. The number of aromatic amines is 1. The van der Waals surface area contributed by atoms with Gasteiger partial charge in [0.2, 0.25) is 11.8 Å². The summed E-state index contributed by atoms with van der Waals surface area (Å²) in [6.07, 6.45) is 0.590. The number of halogens is 1. The topological polar surface area (TPSA) is 106 Å². The van der Waals surface area contributed by atoms with E-state index >= 15 is 0 Å². The van der Waals surface area contributed by atoms with Crippen molar-refractivity contribution < 1.29 is 14.1 Å². The van der Waals surface area contributed by atoms with E-state index in [2.05, 4.69) is 25.4 Å². The van der Waals surface area contributed by atoms with E-state index in [1.165, 1.54) is 11.8 Å². The van der Waals surface area contributed by atoms with Crippen molar-refractivity contribution in [3.63, 3.8) is 0 Å². The van der Waals surface area contributed by atoms with E-state index < -0.39 is 0 Å². The van der Waals surface area contributed by atoms with Crippen LogP contribution in [0.4, 0.5) is 5.69 Å². The van der Waals surface area contributed by atoms with Gasteiger partial charge in [-0.2, -0.15) is 4.98 Å². The zero-order valence-electron chi connectivity index (χ0n) is 16.0. The number of carbonyl (C=O) groups excluding carboxylic acids is 1. The zero-order valence-corrected chi connectivity index (χ0v) is 17.6. The molecule has 2 N–H and O–H groups in total. The van der Waals surface area contributed by atoms with Gasteiger partial charge < -0.3 is 19.6 Å². The first kappa shape index (κ1) is 20.2. The lowest BCUT2D eigenvalue weighted by molar-refractivity contribution is -0.116. The maximum absolute atomic E-state index is 12.1. The lowest BCUT2D eigenvalue weighted by Crippen LogP contribution is -2.12. The number of H-pyrrole nitrogens is 1. The Morgan fingerprint density at radius 3 is 3.03 bits per heavy atom. The van der Waals surface area contributed by atoms with Crippen LogP contribution in [-0.4, -0.2) is 33.1 Å². The van der Waals surface area contributed by atoms with Crippen LogP contribution in [0, 0.1) is 0 Å². The zero-order chi connectivity index (χ0) is 20.9. The molecule has 4 rings (SSSR count). The molecule has 2 aromatic carbocycles. The van der Waals surface area contributed by atoms with E-state index in [1.54, 1.807) is 25.3 Å². The van der Waals surface area contributed by atoms with Gasteiger partial charge >= 0.3 is 0 Å². The third kappa shape index (κ3) is 5.11. The van der Waals surface area contributed by atoms with E-state index in [1.807, 2.05) is 24.3 Å². The van der Waals surface area contributed by atoms with Gasteiger partial charge in [-0.1, -0.05) is 34.6 Å². The predicted molar refractivity (Wildman–Crippen MR) is 115 cm³/mol. The summed E-state index contributed by atoms with van der Waals surface area (Å²) in [7, 11) is 1.58. The summed E-state index contributed by atoms with van der Waals surface area (Å²) in [5, 5.41) is 8.19. The number of methoxy groups -OCH3 is 1. The first-order valence-corrected chi connectivity index (χ1v) is 10.5. The molecule has 2 heterocycles. The highest BCUT2D eigenvalue weighted by atomic mass is 35.5. The molecule has 0 atom stereocenters. The second-order valence-corrected chi connectivity index (χ2v) is 7.78. The number of anilines is 1. The Balaban J connectivity index is 1.27. The molecule has 1 amide bonds. The normalized spacial score (nSPS) is 11.0. The van der Waals surface area contributed by atoms with E-state index in [9.17, 15) is 4.79 Å². The average molecular weight is 444 g/mol. The molecule has 154 valence electrons. The number of ether oxygens (including phenoxy) is 1. The van der Waals surface area contributed by atoms with Crippen LogP contribution >= 0.6 is 23.4 Å². The minimum Gasteiger partial charge on any atom is -0.497 e. The molecule has 0 saturated carbocycles. The van der Waals surface area contributed by atoms with Crippen molar-refractivity contribution in [1.29, 1.82) is 0 Å². The van der Waals surface area contributed by atoms with Crippen molar-refractivity contribution in [2.45, 2.75) is 23.8 Å². The van der Waals surface area contributed by atoms with Gasteiger partial charge in [0, 0.05) is 29.6 Å². The summed E-state index contributed by atoms with van der Waals surface area (Å²) >= 11 is 7.46. The molecule has 0 radical (unpaired) electrons. The van der Waals surface area contributed by atoms with Gasteiger partial charge in [0.1, 0.15) is 5.75 Å². The second-order valence-electron chi connectivity index (χ2n) is 6.38. The van der Waals surface area contributed by atoms with Crippen LogP contribution in [0.15, 0.2) is 52.1 Å². The molecule has 4 aromatic rings. The van der Waals surface area contributed by atoms with Gasteiger partial charge in [-0.05, 0) is 30.3 Å². The van der Waals surface area contributed by atoms with Crippen LogP contribution in [0.5, 0.6) is 5.75 Å². The van der Waals surface area contributed by atoms with E-state index in [0.717, 1.165) is 16.2 Å². The van der Waals surface area contributed by atoms with Crippen molar-refractivity contribution in [2.24, 2.45) is 0 Å². The number of aryl methyl sites for hydroxylation is 1. The smallest absolute Gasteiger partial charge is 0.227 e. The predicted octanol–water partition coefficient (Wildman–Crippen LogP) is 4.47. The molecule has 0 aliphatic carbocycles. The molecular formula is C20H18ClN5O3S. The number of amides is 1. The summed E-state index contributed by atoms with van der Waals surface area (Å²) in [5.74, 6) is 2.00. The molecule has 0 saturated heterocycles. The molecule has 0 fully saturated rings. The fraction of sp³-hybridized carbons (Fsp3) is 0.200. The van der Waals surface area contributed by atoms with Crippen molar-refractivity contribution in [2.75, 3.05) is 12.4 Å². The van der Waals surface area contributed by atoms with Crippen molar-refractivity contribution >= 4 is 46.0 Å². The Kier molecular flexibility index (Phi) is 6.20. The summed E-state index contributed by atoms with van der Waals surface area (Å²) in [4.78, 5) is 24.2. The van der Waals surface area contributed by atoms with Crippen LogP contribution in [0.25, 0.3) is 11.0 Å².